The van der Waals surface area contributed by atoms with E-state index in [0.29, 0.717) is 6.61 Å². The van der Waals surface area contributed by atoms with E-state index >= 15 is 0 Å². The number of quaternary nitrogens is 1. The van der Waals surface area contributed by atoms with E-state index in [0.717, 1.165) is 10.9 Å². The first-order chi connectivity index (χ1) is 5.06. The summed E-state index contributed by atoms with van der Waals surface area (Å²) in [6.45, 7) is 1.59. The van der Waals surface area contributed by atoms with Gasteiger partial charge in [0, 0.05) is 6.61 Å². The summed E-state index contributed by atoms with van der Waals surface area (Å²) in [6.07, 6.45) is 4.69. The molecule has 0 amide bonds. The van der Waals surface area contributed by atoms with E-state index < -0.39 is 0 Å². The SMILES string of the molecule is C[N+](C)(C)CCCCCCO.[OH-]. The fourth-order valence-electron chi connectivity index (χ4n) is 1.05. The highest BCUT2D eigenvalue weighted by Gasteiger charge is 2.04. The van der Waals surface area contributed by atoms with Gasteiger partial charge in [0.15, 0.2) is 0 Å². The average molecular weight is 177 g/mol. The van der Waals surface area contributed by atoms with Crippen molar-refractivity contribution >= 4 is 0 Å². The van der Waals surface area contributed by atoms with Gasteiger partial charge >= 0.3 is 0 Å². The van der Waals surface area contributed by atoms with Gasteiger partial charge in [-0.15, -0.1) is 0 Å². The Balaban J connectivity index is 0. The highest BCUT2D eigenvalue weighted by Crippen LogP contribution is 2.02. The molecular weight excluding hydrogens is 154 g/mol. The zero-order valence-electron chi connectivity index (χ0n) is 8.58. The van der Waals surface area contributed by atoms with Gasteiger partial charge in [-0.25, -0.2) is 0 Å². The summed E-state index contributed by atoms with van der Waals surface area (Å²) in [5, 5.41) is 8.52. The van der Waals surface area contributed by atoms with Gasteiger partial charge in [0.25, 0.3) is 0 Å². The molecule has 0 rings (SSSR count). The quantitative estimate of drug-likeness (QED) is 0.487. The van der Waals surface area contributed by atoms with Crippen LogP contribution >= 0.6 is 0 Å². The number of unbranched alkanes of at least 4 members (excludes halogenated alkanes) is 3. The highest BCUT2D eigenvalue weighted by molar-refractivity contribution is 4.40. The van der Waals surface area contributed by atoms with Crippen LogP contribution in [0.25, 0.3) is 0 Å². The van der Waals surface area contributed by atoms with Crippen LogP contribution in [0.2, 0.25) is 0 Å². The van der Waals surface area contributed by atoms with E-state index in [2.05, 4.69) is 21.1 Å². The number of rotatable bonds is 6. The predicted molar refractivity (Wildman–Crippen MR) is 50.4 cm³/mol. The van der Waals surface area contributed by atoms with Crippen molar-refractivity contribution in [3.05, 3.63) is 0 Å². The molecule has 0 heterocycles. The van der Waals surface area contributed by atoms with Crippen LogP contribution in [-0.2, 0) is 0 Å². The minimum absolute atomic E-state index is 0. The molecule has 3 heteroatoms. The molecule has 0 aromatic carbocycles. The number of aliphatic hydroxyl groups excluding tert-OH is 1. The molecule has 0 atom stereocenters. The molecule has 76 valence electrons. The van der Waals surface area contributed by atoms with Gasteiger partial charge in [0.2, 0.25) is 0 Å². The molecule has 0 saturated heterocycles. The standard InChI is InChI=1S/C9H22NO.H2O/c1-10(2,3)8-6-4-5-7-9-11;/h11H,4-9H2,1-3H3;1H2/q+1;/p-1. The lowest BCUT2D eigenvalue weighted by Crippen LogP contribution is -2.35. The van der Waals surface area contributed by atoms with Gasteiger partial charge in [-0.05, 0) is 19.3 Å². The van der Waals surface area contributed by atoms with Crippen LogP contribution in [0.1, 0.15) is 25.7 Å². The maximum atomic E-state index is 8.52. The van der Waals surface area contributed by atoms with E-state index in [9.17, 15) is 0 Å². The van der Waals surface area contributed by atoms with Crippen LogP contribution in [0.5, 0.6) is 0 Å². The van der Waals surface area contributed by atoms with Gasteiger partial charge in [-0.1, -0.05) is 6.42 Å². The lowest BCUT2D eigenvalue weighted by atomic mass is 10.2. The molecule has 0 unspecified atom stereocenters. The van der Waals surface area contributed by atoms with E-state index in [4.69, 9.17) is 5.11 Å². The second-order valence-electron chi connectivity index (χ2n) is 4.15. The fourth-order valence-corrected chi connectivity index (χ4v) is 1.05. The maximum Gasteiger partial charge on any atom is 0.0780 e. The van der Waals surface area contributed by atoms with E-state index in [1.54, 1.807) is 0 Å². The summed E-state index contributed by atoms with van der Waals surface area (Å²) >= 11 is 0. The Bertz CT molecular complexity index is 89.0. The first-order valence-electron chi connectivity index (χ1n) is 4.47. The fraction of sp³-hybridized carbons (Fsp3) is 1.00. The highest BCUT2D eigenvalue weighted by atomic mass is 16.2. The van der Waals surface area contributed by atoms with Gasteiger partial charge in [0.05, 0.1) is 27.7 Å². The molecule has 0 saturated carbocycles. The Morgan fingerprint density at radius 3 is 1.83 bits per heavy atom. The Morgan fingerprint density at radius 1 is 0.917 bits per heavy atom. The summed E-state index contributed by atoms with van der Waals surface area (Å²) in [5.41, 5.74) is 0. The largest absolute Gasteiger partial charge is 0.870 e. The van der Waals surface area contributed by atoms with Crippen LogP contribution in [0.4, 0.5) is 0 Å². The summed E-state index contributed by atoms with van der Waals surface area (Å²) < 4.78 is 1.05. The smallest absolute Gasteiger partial charge is 0.0780 e. The van der Waals surface area contributed by atoms with Crippen molar-refractivity contribution < 1.29 is 15.1 Å². The Labute approximate surface area is 75.9 Å². The molecular formula is C9H23NO2. The molecule has 0 aromatic rings. The zero-order chi connectivity index (χ0) is 8.74. The van der Waals surface area contributed by atoms with Crippen LogP contribution in [0, 0.1) is 0 Å². The number of hydrogen-bond donors (Lipinski definition) is 1. The molecule has 0 fully saturated rings. The van der Waals surface area contributed by atoms with Crippen molar-refractivity contribution in [2.45, 2.75) is 25.7 Å². The van der Waals surface area contributed by atoms with E-state index in [-0.39, 0.29) is 5.48 Å². The topological polar surface area (TPSA) is 50.2 Å². The summed E-state index contributed by atoms with van der Waals surface area (Å²) in [4.78, 5) is 0. The van der Waals surface area contributed by atoms with Crippen molar-refractivity contribution in [2.75, 3.05) is 34.3 Å². The Hall–Kier alpha value is -0.120. The minimum Gasteiger partial charge on any atom is -0.870 e. The first kappa shape index (κ1) is 14.4. The van der Waals surface area contributed by atoms with E-state index in [1.807, 2.05) is 0 Å². The van der Waals surface area contributed by atoms with Crippen molar-refractivity contribution in [1.29, 1.82) is 0 Å². The molecule has 3 nitrogen and oxygen atoms in total. The second-order valence-corrected chi connectivity index (χ2v) is 4.15. The summed E-state index contributed by atoms with van der Waals surface area (Å²) in [7, 11) is 6.64. The molecule has 2 N–H and O–H groups in total. The molecule has 0 aromatic heterocycles. The molecule has 0 aliphatic heterocycles. The number of aliphatic hydroxyl groups is 1. The van der Waals surface area contributed by atoms with Crippen LogP contribution in [-0.4, -0.2) is 49.4 Å². The zero-order valence-corrected chi connectivity index (χ0v) is 8.58. The van der Waals surface area contributed by atoms with Crippen LogP contribution in [0.3, 0.4) is 0 Å². The summed E-state index contributed by atoms with van der Waals surface area (Å²) in [5.74, 6) is 0. The van der Waals surface area contributed by atoms with Gasteiger partial charge in [0.1, 0.15) is 0 Å². The monoisotopic (exact) mass is 177 g/mol. The Morgan fingerprint density at radius 2 is 1.42 bits per heavy atom. The second kappa shape index (κ2) is 7.53. The van der Waals surface area contributed by atoms with Crippen molar-refractivity contribution in [2.24, 2.45) is 0 Å². The van der Waals surface area contributed by atoms with Crippen molar-refractivity contribution in [3.8, 4) is 0 Å². The molecule has 0 spiro atoms. The minimum atomic E-state index is 0. The van der Waals surface area contributed by atoms with Gasteiger partial charge < -0.3 is 15.1 Å². The van der Waals surface area contributed by atoms with Crippen molar-refractivity contribution in [1.82, 2.24) is 0 Å². The van der Waals surface area contributed by atoms with Crippen molar-refractivity contribution in [3.63, 3.8) is 0 Å². The third-order valence-electron chi connectivity index (χ3n) is 1.74. The summed E-state index contributed by atoms with van der Waals surface area (Å²) in [6, 6.07) is 0. The molecule has 0 bridgehead atoms. The van der Waals surface area contributed by atoms with E-state index in [1.165, 1.54) is 25.8 Å². The number of hydrogen-bond acceptors (Lipinski definition) is 2. The molecule has 0 aliphatic rings. The van der Waals surface area contributed by atoms with Gasteiger partial charge in [-0.2, -0.15) is 0 Å². The molecule has 12 heavy (non-hydrogen) atoms. The first-order valence-corrected chi connectivity index (χ1v) is 4.47. The average Bonchev–Trinajstić information content (AvgIpc) is 1.85. The third-order valence-corrected chi connectivity index (χ3v) is 1.74. The van der Waals surface area contributed by atoms with Gasteiger partial charge in [-0.3, -0.25) is 0 Å². The maximum absolute atomic E-state index is 8.52. The van der Waals surface area contributed by atoms with Crippen LogP contribution < -0.4 is 0 Å². The lowest BCUT2D eigenvalue weighted by molar-refractivity contribution is -0.870. The Kier molecular flexibility index (Phi) is 9.03. The molecule has 0 aliphatic carbocycles. The lowest BCUT2D eigenvalue weighted by Gasteiger charge is -2.23. The number of nitrogens with zero attached hydrogens (tertiary/aromatic N) is 1. The third kappa shape index (κ3) is 12.5. The van der Waals surface area contributed by atoms with Crippen LogP contribution in [0.15, 0.2) is 0 Å². The molecule has 0 radical (unpaired) electrons. The normalized spacial score (nSPS) is 11.0. The predicted octanol–water partition coefficient (Wildman–Crippen LogP) is 1.07.